The maximum atomic E-state index is 13.9. The van der Waals surface area contributed by atoms with Gasteiger partial charge >= 0.3 is 12.4 Å². The molecule has 0 saturated carbocycles. The Morgan fingerprint density at radius 2 is 1.83 bits per heavy atom. The zero-order chi connectivity index (χ0) is 25.5. The molecule has 0 bridgehead atoms. The first kappa shape index (κ1) is 24.4. The molecule has 2 aromatic heterocycles. The zero-order valence-electron chi connectivity index (χ0n) is 16.9. The third-order valence-electron chi connectivity index (χ3n) is 4.58. The average molecular weight is 522 g/mol. The number of carbonyl (C=O) groups excluding carboxylic acids is 1. The van der Waals surface area contributed by atoms with Crippen molar-refractivity contribution in [3.05, 3.63) is 64.3 Å². The number of alkyl halides is 6. The van der Waals surface area contributed by atoms with Crippen LogP contribution in [-0.2, 0) is 12.4 Å². The Bertz CT molecular complexity index is 1320. The number of rotatable bonds is 4. The van der Waals surface area contributed by atoms with Gasteiger partial charge in [0.1, 0.15) is 5.82 Å². The summed E-state index contributed by atoms with van der Waals surface area (Å²) in [4.78, 5) is 16.6. The number of nitrogens with zero attached hydrogens (tertiary/aromatic N) is 5. The van der Waals surface area contributed by atoms with Crippen LogP contribution in [0.25, 0.3) is 5.69 Å². The van der Waals surface area contributed by atoms with Crippen molar-refractivity contribution in [3.8, 4) is 5.69 Å². The minimum absolute atomic E-state index is 0.0118. The fraction of sp³-hybridized carbons (Fsp3) is 0.158. The van der Waals surface area contributed by atoms with Crippen molar-refractivity contribution in [1.29, 1.82) is 0 Å². The van der Waals surface area contributed by atoms with Gasteiger partial charge in [-0.2, -0.15) is 41.7 Å². The van der Waals surface area contributed by atoms with Crippen LogP contribution in [0.4, 0.5) is 42.2 Å². The maximum Gasteiger partial charge on any atom is 0.434 e. The number of hydrazine groups is 1. The molecule has 0 unspecified atom stereocenters. The number of benzene rings is 1. The molecule has 0 saturated heterocycles. The molecule has 3 aromatic rings. The van der Waals surface area contributed by atoms with Gasteiger partial charge in [-0.05, 0) is 24.3 Å². The van der Waals surface area contributed by atoms with Crippen molar-refractivity contribution in [2.24, 2.45) is 5.10 Å². The Hall–Kier alpha value is -3.72. The lowest BCUT2D eigenvalue weighted by molar-refractivity contribution is -0.145. The van der Waals surface area contributed by atoms with E-state index in [4.69, 9.17) is 11.6 Å². The smallest absolute Gasteiger partial charge is 0.320 e. The Kier molecular flexibility index (Phi) is 6.14. The molecule has 1 amide bonds. The average Bonchev–Trinajstić information content (AvgIpc) is 3.43. The van der Waals surface area contributed by atoms with Gasteiger partial charge in [-0.15, -0.1) is 0 Å². The predicted octanol–water partition coefficient (Wildman–Crippen LogP) is 4.66. The highest BCUT2D eigenvalue weighted by atomic mass is 35.5. The SMILES string of the molecule is O=C(Nc1cnc(N2N=CCN2)c(Cl)c1)c1cnn(-c2ccc(F)cc2C(F)(F)F)c1C(F)(F)F. The molecule has 35 heavy (non-hydrogen) atoms. The number of hydrazone groups is 1. The Labute approximate surface area is 196 Å². The molecule has 0 radical (unpaired) electrons. The quantitative estimate of drug-likeness (QED) is 0.488. The van der Waals surface area contributed by atoms with Crippen LogP contribution in [0.5, 0.6) is 0 Å². The Morgan fingerprint density at radius 3 is 2.43 bits per heavy atom. The zero-order valence-corrected chi connectivity index (χ0v) is 17.7. The summed E-state index contributed by atoms with van der Waals surface area (Å²) in [5, 5.41) is 10.6. The topological polar surface area (TPSA) is 87.4 Å². The second kappa shape index (κ2) is 8.81. The number of halogens is 8. The van der Waals surface area contributed by atoms with E-state index in [-0.39, 0.29) is 27.3 Å². The van der Waals surface area contributed by atoms with E-state index in [9.17, 15) is 35.5 Å². The highest BCUT2D eigenvalue weighted by molar-refractivity contribution is 6.33. The summed E-state index contributed by atoms with van der Waals surface area (Å²) in [7, 11) is 0. The molecule has 16 heteroatoms. The van der Waals surface area contributed by atoms with Gasteiger partial charge in [0.05, 0.1) is 46.5 Å². The Balaban J connectivity index is 1.71. The lowest BCUT2D eigenvalue weighted by Gasteiger charge is -2.17. The monoisotopic (exact) mass is 521 g/mol. The third-order valence-corrected chi connectivity index (χ3v) is 4.86. The van der Waals surface area contributed by atoms with Gasteiger partial charge in [0.25, 0.3) is 5.91 Å². The highest BCUT2D eigenvalue weighted by Crippen LogP contribution is 2.39. The molecular weight excluding hydrogens is 511 g/mol. The molecule has 2 N–H and O–H groups in total. The molecule has 3 heterocycles. The minimum atomic E-state index is -5.31. The molecule has 0 aliphatic carbocycles. The number of amides is 1. The van der Waals surface area contributed by atoms with E-state index in [1.54, 1.807) is 0 Å². The summed E-state index contributed by atoms with van der Waals surface area (Å²) in [6, 6.07) is 2.25. The summed E-state index contributed by atoms with van der Waals surface area (Å²) in [6.07, 6.45) is -7.44. The molecule has 184 valence electrons. The number of anilines is 2. The normalized spacial score (nSPS) is 14.0. The first-order valence-electron chi connectivity index (χ1n) is 9.41. The van der Waals surface area contributed by atoms with E-state index in [1.165, 1.54) is 17.4 Å². The summed E-state index contributed by atoms with van der Waals surface area (Å²) in [6.45, 7) is 0.408. The maximum absolute atomic E-state index is 13.9. The number of hydrogen-bond donors (Lipinski definition) is 2. The summed E-state index contributed by atoms with van der Waals surface area (Å²) in [5.41, 5.74) is -3.00. The van der Waals surface area contributed by atoms with Crippen LogP contribution in [0, 0.1) is 5.82 Å². The van der Waals surface area contributed by atoms with Crippen molar-refractivity contribution < 1.29 is 35.5 Å². The van der Waals surface area contributed by atoms with E-state index in [1.807, 2.05) is 0 Å². The fourth-order valence-electron chi connectivity index (χ4n) is 3.16. The standard InChI is InChI=1S/C19H11ClF7N7O/c20-13-6-10(7-28-16(13)34-29-3-4-30-34)32-17(35)11-8-31-33(15(11)19(25,26)27)14-2-1-9(21)5-12(14)18(22,23)24/h1-3,5-8,30H,4H2,(H,32,35). The second-order valence-electron chi connectivity index (χ2n) is 6.93. The van der Waals surface area contributed by atoms with Crippen LogP contribution >= 0.6 is 11.6 Å². The number of nitrogens with one attached hydrogen (secondary N) is 2. The van der Waals surface area contributed by atoms with Crippen LogP contribution in [0.3, 0.4) is 0 Å². The van der Waals surface area contributed by atoms with Gasteiger partial charge in [0.2, 0.25) is 0 Å². The number of hydrogen-bond acceptors (Lipinski definition) is 6. The van der Waals surface area contributed by atoms with Gasteiger partial charge in [0, 0.05) is 6.21 Å². The van der Waals surface area contributed by atoms with E-state index in [0.29, 0.717) is 24.9 Å². The molecule has 1 aliphatic heterocycles. The van der Waals surface area contributed by atoms with Crippen molar-refractivity contribution in [3.63, 3.8) is 0 Å². The highest BCUT2D eigenvalue weighted by Gasteiger charge is 2.43. The minimum Gasteiger partial charge on any atom is -0.320 e. The van der Waals surface area contributed by atoms with Crippen molar-refractivity contribution in [1.82, 2.24) is 20.2 Å². The predicted molar refractivity (Wildman–Crippen MR) is 110 cm³/mol. The van der Waals surface area contributed by atoms with Gasteiger partial charge in [-0.25, -0.2) is 19.5 Å². The fourth-order valence-corrected chi connectivity index (χ4v) is 3.41. The molecule has 0 fully saturated rings. The second-order valence-corrected chi connectivity index (χ2v) is 7.34. The van der Waals surface area contributed by atoms with Crippen molar-refractivity contribution >= 4 is 35.2 Å². The first-order valence-corrected chi connectivity index (χ1v) is 9.79. The summed E-state index contributed by atoms with van der Waals surface area (Å²) in [5.74, 6) is -2.51. The van der Waals surface area contributed by atoms with Gasteiger partial charge in [-0.3, -0.25) is 4.79 Å². The molecule has 4 rings (SSSR count). The van der Waals surface area contributed by atoms with E-state index in [2.05, 4.69) is 25.9 Å². The largest absolute Gasteiger partial charge is 0.434 e. The summed E-state index contributed by atoms with van der Waals surface area (Å²) < 4.78 is 95.0. The molecular formula is C19H11ClF7N7O. The molecule has 1 aromatic carbocycles. The van der Waals surface area contributed by atoms with E-state index < -0.39 is 46.6 Å². The van der Waals surface area contributed by atoms with Crippen LogP contribution < -0.4 is 15.9 Å². The number of pyridine rings is 1. The first-order chi connectivity index (χ1) is 16.4. The summed E-state index contributed by atoms with van der Waals surface area (Å²) >= 11 is 6.10. The van der Waals surface area contributed by atoms with Gasteiger partial charge < -0.3 is 5.32 Å². The van der Waals surface area contributed by atoms with Crippen LogP contribution in [0.15, 0.2) is 41.8 Å². The lowest BCUT2D eigenvalue weighted by Crippen LogP contribution is -2.29. The number of aromatic nitrogens is 3. The molecule has 8 nitrogen and oxygen atoms in total. The van der Waals surface area contributed by atoms with Crippen LogP contribution in [0.2, 0.25) is 5.02 Å². The third kappa shape index (κ3) is 4.90. The van der Waals surface area contributed by atoms with E-state index in [0.717, 1.165) is 6.20 Å². The van der Waals surface area contributed by atoms with Crippen LogP contribution in [0.1, 0.15) is 21.6 Å². The lowest BCUT2D eigenvalue weighted by atomic mass is 10.1. The molecule has 1 aliphatic rings. The van der Waals surface area contributed by atoms with Gasteiger partial charge in [-0.1, -0.05) is 11.6 Å². The molecule has 0 atom stereocenters. The number of carbonyl (C=O) groups is 1. The van der Waals surface area contributed by atoms with Crippen LogP contribution in [-0.4, -0.2) is 33.4 Å². The Morgan fingerprint density at radius 1 is 1.09 bits per heavy atom. The van der Waals surface area contributed by atoms with Crippen molar-refractivity contribution in [2.75, 3.05) is 17.0 Å². The molecule has 0 spiro atoms. The van der Waals surface area contributed by atoms with Crippen molar-refractivity contribution in [2.45, 2.75) is 12.4 Å². The van der Waals surface area contributed by atoms with Gasteiger partial charge in [0.15, 0.2) is 11.5 Å². The van der Waals surface area contributed by atoms with E-state index >= 15 is 0 Å².